The molecule has 1 rings (SSSR count). The highest BCUT2D eigenvalue weighted by molar-refractivity contribution is 6.03. The van der Waals surface area contributed by atoms with Gasteiger partial charge in [-0.3, -0.25) is 0 Å². The number of benzene rings is 1. The van der Waals surface area contributed by atoms with Gasteiger partial charge in [0, 0.05) is 11.6 Å². The Morgan fingerprint density at radius 2 is 2.00 bits per heavy atom. The van der Waals surface area contributed by atoms with Gasteiger partial charge in [0.1, 0.15) is 11.5 Å². The van der Waals surface area contributed by atoms with Crippen LogP contribution in [0, 0.1) is 0 Å². The Balaban J connectivity index is 2.96. The first-order chi connectivity index (χ1) is 6.69. The second-order valence-electron chi connectivity index (χ2n) is 3.00. The number of hydrogen-bond acceptors (Lipinski definition) is 4. The minimum atomic E-state index is -0.298. The molecule has 1 unspecified atom stereocenters. The summed E-state index contributed by atoms with van der Waals surface area (Å²) in [4.78, 5) is 0. The average Bonchev–Trinajstić information content (AvgIpc) is 2.19. The summed E-state index contributed by atoms with van der Waals surface area (Å²) in [6, 6.07) is 6.90. The third kappa shape index (κ3) is 2.23. The van der Waals surface area contributed by atoms with E-state index < -0.39 is 0 Å². The van der Waals surface area contributed by atoms with E-state index >= 15 is 0 Å². The molecule has 0 amide bonds. The van der Waals surface area contributed by atoms with Crippen LogP contribution < -0.4 is 10.5 Å². The lowest BCUT2D eigenvalue weighted by molar-refractivity contribution is 0.317. The molecule has 4 heteroatoms. The van der Waals surface area contributed by atoms with E-state index in [9.17, 15) is 0 Å². The molecule has 0 radical (unpaired) electrons. The Morgan fingerprint density at radius 1 is 1.43 bits per heavy atom. The normalized spacial score (nSPS) is 13.8. The maximum absolute atomic E-state index is 8.75. The number of nitrogens with zero attached hydrogens (tertiary/aromatic N) is 1. The highest BCUT2D eigenvalue weighted by Gasteiger charge is 2.08. The molecule has 1 aromatic rings. The summed E-state index contributed by atoms with van der Waals surface area (Å²) in [7, 11) is 1.60. The van der Waals surface area contributed by atoms with Crippen LogP contribution in [0.15, 0.2) is 29.4 Å². The van der Waals surface area contributed by atoms with Crippen LogP contribution in [-0.2, 0) is 0 Å². The van der Waals surface area contributed by atoms with E-state index in [4.69, 9.17) is 15.7 Å². The molecule has 0 saturated carbocycles. The van der Waals surface area contributed by atoms with Crippen molar-refractivity contribution in [3.8, 4) is 5.75 Å². The zero-order valence-electron chi connectivity index (χ0n) is 8.27. The first kappa shape index (κ1) is 10.5. The SMILES string of the molecule is COc1ccc(C(=NO)C(C)N)cc1. The number of methoxy groups -OCH3 is 1. The van der Waals surface area contributed by atoms with Gasteiger partial charge in [-0.05, 0) is 31.2 Å². The van der Waals surface area contributed by atoms with E-state index in [1.807, 2.05) is 0 Å². The molecule has 0 saturated heterocycles. The van der Waals surface area contributed by atoms with E-state index in [0.29, 0.717) is 5.71 Å². The lowest BCUT2D eigenvalue weighted by Gasteiger charge is -2.08. The molecule has 14 heavy (non-hydrogen) atoms. The smallest absolute Gasteiger partial charge is 0.118 e. The zero-order chi connectivity index (χ0) is 10.6. The first-order valence-electron chi connectivity index (χ1n) is 4.31. The molecule has 0 aromatic heterocycles. The van der Waals surface area contributed by atoms with Crippen molar-refractivity contribution >= 4 is 5.71 Å². The van der Waals surface area contributed by atoms with Crippen LogP contribution in [0.5, 0.6) is 5.75 Å². The third-order valence-corrected chi connectivity index (χ3v) is 1.92. The molecule has 4 nitrogen and oxygen atoms in total. The average molecular weight is 194 g/mol. The predicted octanol–water partition coefficient (Wildman–Crippen LogP) is 1.22. The minimum Gasteiger partial charge on any atom is -0.497 e. The largest absolute Gasteiger partial charge is 0.497 e. The number of oxime groups is 1. The lowest BCUT2D eigenvalue weighted by Crippen LogP contribution is -2.27. The topological polar surface area (TPSA) is 67.8 Å². The lowest BCUT2D eigenvalue weighted by atomic mass is 10.1. The van der Waals surface area contributed by atoms with Crippen molar-refractivity contribution in [2.24, 2.45) is 10.9 Å². The predicted molar refractivity (Wildman–Crippen MR) is 55.0 cm³/mol. The van der Waals surface area contributed by atoms with Crippen molar-refractivity contribution in [1.29, 1.82) is 0 Å². The Morgan fingerprint density at radius 3 is 2.36 bits per heavy atom. The summed E-state index contributed by atoms with van der Waals surface area (Å²) in [6.45, 7) is 1.76. The Hall–Kier alpha value is -1.55. The van der Waals surface area contributed by atoms with E-state index in [1.54, 1.807) is 38.3 Å². The molecule has 0 aliphatic rings. The zero-order valence-corrected chi connectivity index (χ0v) is 8.27. The van der Waals surface area contributed by atoms with Crippen LogP contribution in [0.4, 0.5) is 0 Å². The second-order valence-corrected chi connectivity index (χ2v) is 3.00. The first-order valence-corrected chi connectivity index (χ1v) is 4.31. The summed E-state index contributed by atoms with van der Waals surface area (Å²) >= 11 is 0. The molecule has 0 aliphatic heterocycles. The van der Waals surface area contributed by atoms with Crippen LogP contribution in [0.3, 0.4) is 0 Å². The van der Waals surface area contributed by atoms with Gasteiger partial charge in [-0.2, -0.15) is 0 Å². The van der Waals surface area contributed by atoms with Gasteiger partial charge in [0.05, 0.1) is 7.11 Å². The van der Waals surface area contributed by atoms with Crippen LogP contribution in [0.2, 0.25) is 0 Å². The van der Waals surface area contributed by atoms with Crippen molar-refractivity contribution in [3.63, 3.8) is 0 Å². The number of hydrogen-bond donors (Lipinski definition) is 2. The van der Waals surface area contributed by atoms with Gasteiger partial charge in [-0.15, -0.1) is 0 Å². The van der Waals surface area contributed by atoms with Gasteiger partial charge in [0.2, 0.25) is 0 Å². The van der Waals surface area contributed by atoms with E-state index in [1.165, 1.54) is 0 Å². The molecular formula is C10H14N2O2. The van der Waals surface area contributed by atoms with E-state index in [0.717, 1.165) is 11.3 Å². The highest BCUT2D eigenvalue weighted by atomic mass is 16.5. The molecule has 0 fully saturated rings. The Labute approximate surface area is 83.0 Å². The number of ether oxygens (including phenoxy) is 1. The molecule has 0 bridgehead atoms. The summed E-state index contributed by atoms with van der Waals surface area (Å²) < 4.78 is 5.01. The van der Waals surface area contributed by atoms with Crippen molar-refractivity contribution in [2.75, 3.05) is 7.11 Å². The fourth-order valence-corrected chi connectivity index (χ4v) is 1.17. The van der Waals surface area contributed by atoms with Crippen LogP contribution in [0.1, 0.15) is 12.5 Å². The quantitative estimate of drug-likeness (QED) is 0.432. The molecular weight excluding hydrogens is 180 g/mol. The molecule has 1 aromatic carbocycles. The molecule has 0 heterocycles. The van der Waals surface area contributed by atoms with Crippen LogP contribution in [-0.4, -0.2) is 24.1 Å². The summed E-state index contributed by atoms with van der Waals surface area (Å²) in [5, 5.41) is 11.9. The maximum Gasteiger partial charge on any atom is 0.118 e. The summed E-state index contributed by atoms with van der Waals surface area (Å²) in [5.41, 5.74) is 6.89. The van der Waals surface area contributed by atoms with Crippen LogP contribution >= 0.6 is 0 Å². The summed E-state index contributed by atoms with van der Waals surface area (Å²) in [5.74, 6) is 0.760. The third-order valence-electron chi connectivity index (χ3n) is 1.92. The number of rotatable bonds is 3. The second kappa shape index (κ2) is 4.62. The van der Waals surface area contributed by atoms with Crippen molar-refractivity contribution in [3.05, 3.63) is 29.8 Å². The molecule has 3 N–H and O–H groups in total. The standard InChI is InChI=1S/C10H14N2O2/c1-7(11)10(12-13)8-3-5-9(14-2)6-4-8/h3-7,13H,11H2,1-2H3. The van der Waals surface area contributed by atoms with Crippen molar-refractivity contribution < 1.29 is 9.94 Å². The van der Waals surface area contributed by atoms with Gasteiger partial charge in [-0.25, -0.2) is 0 Å². The highest BCUT2D eigenvalue weighted by Crippen LogP contribution is 2.12. The molecule has 1 atom stereocenters. The van der Waals surface area contributed by atoms with Crippen LogP contribution in [0.25, 0.3) is 0 Å². The van der Waals surface area contributed by atoms with Gasteiger partial charge < -0.3 is 15.7 Å². The van der Waals surface area contributed by atoms with E-state index in [-0.39, 0.29) is 6.04 Å². The molecule has 76 valence electrons. The Kier molecular flexibility index (Phi) is 3.48. The van der Waals surface area contributed by atoms with Gasteiger partial charge >= 0.3 is 0 Å². The fourth-order valence-electron chi connectivity index (χ4n) is 1.17. The maximum atomic E-state index is 8.75. The molecule has 0 spiro atoms. The fraction of sp³-hybridized carbons (Fsp3) is 0.300. The monoisotopic (exact) mass is 194 g/mol. The van der Waals surface area contributed by atoms with Gasteiger partial charge in [-0.1, -0.05) is 5.16 Å². The van der Waals surface area contributed by atoms with Crippen molar-refractivity contribution in [1.82, 2.24) is 0 Å². The van der Waals surface area contributed by atoms with Gasteiger partial charge in [0.25, 0.3) is 0 Å². The number of nitrogens with two attached hydrogens (primary N) is 1. The van der Waals surface area contributed by atoms with E-state index in [2.05, 4.69) is 5.16 Å². The van der Waals surface area contributed by atoms with Gasteiger partial charge in [0.15, 0.2) is 0 Å². The Bertz CT molecular complexity index is 317. The minimum absolute atomic E-state index is 0.298. The molecule has 0 aliphatic carbocycles. The summed E-state index contributed by atoms with van der Waals surface area (Å²) in [6.07, 6.45) is 0. The van der Waals surface area contributed by atoms with Crippen molar-refractivity contribution in [2.45, 2.75) is 13.0 Å².